The van der Waals surface area contributed by atoms with Crippen molar-refractivity contribution in [2.45, 2.75) is 59.2 Å². The molecule has 102 valence electrons. The van der Waals surface area contributed by atoms with Gasteiger partial charge in [0.1, 0.15) is 11.5 Å². The average molecular weight is 250 g/mol. The Labute approximate surface area is 111 Å². The number of hydrogen-bond acceptors (Lipinski definition) is 3. The highest BCUT2D eigenvalue weighted by Crippen LogP contribution is 2.28. The summed E-state index contributed by atoms with van der Waals surface area (Å²) in [6.07, 6.45) is 3.89. The molecule has 0 aliphatic heterocycles. The van der Waals surface area contributed by atoms with Crippen LogP contribution in [0.4, 0.5) is 0 Å². The third-order valence-electron chi connectivity index (χ3n) is 3.64. The number of rotatable bonds is 8. The van der Waals surface area contributed by atoms with E-state index in [0.717, 1.165) is 43.7 Å². The normalized spacial score (nSPS) is 15.6. The maximum Gasteiger partial charge on any atom is 0.118 e. The van der Waals surface area contributed by atoms with E-state index in [4.69, 9.17) is 4.42 Å². The number of hydrogen-bond donors (Lipinski definition) is 1. The molecular formula is C15H26N2O. The summed E-state index contributed by atoms with van der Waals surface area (Å²) in [7, 11) is 0. The Hall–Kier alpha value is -0.800. The van der Waals surface area contributed by atoms with E-state index in [1.54, 1.807) is 0 Å². The second-order valence-electron chi connectivity index (χ2n) is 5.27. The van der Waals surface area contributed by atoms with Gasteiger partial charge in [-0.2, -0.15) is 0 Å². The molecule has 3 heteroatoms. The lowest BCUT2D eigenvalue weighted by atomic mass is 10.2. The summed E-state index contributed by atoms with van der Waals surface area (Å²) in [5, 5.41) is 3.43. The monoisotopic (exact) mass is 250 g/mol. The Morgan fingerprint density at radius 3 is 2.78 bits per heavy atom. The van der Waals surface area contributed by atoms with Crippen molar-refractivity contribution in [3.8, 4) is 0 Å². The molecule has 0 aromatic carbocycles. The van der Waals surface area contributed by atoms with Gasteiger partial charge in [-0.25, -0.2) is 0 Å². The fourth-order valence-electron chi connectivity index (χ4n) is 2.38. The summed E-state index contributed by atoms with van der Waals surface area (Å²) < 4.78 is 5.87. The minimum absolute atomic E-state index is 0.807. The summed E-state index contributed by atoms with van der Waals surface area (Å²) >= 11 is 0. The fraction of sp³-hybridized carbons (Fsp3) is 0.733. The van der Waals surface area contributed by atoms with Gasteiger partial charge in [0, 0.05) is 18.2 Å². The maximum atomic E-state index is 5.87. The van der Waals surface area contributed by atoms with Crippen LogP contribution in [-0.4, -0.2) is 24.0 Å². The van der Waals surface area contributed by atoms with Gasteiger partial charge in [0.05, 0.1) is 6.54 Å². The number of nitrogens with zero attached hydrogens (tertiary/aromatic N) is 1. The number of nitrogens with one attached hydrogen (secondary N) is 1. The highest BCUT2D eigenvalue weighted by atomic mass is 16.3. The first-order valence-electron chi connectivity index (χ1n) is 7.27. The molecule has 3 nitrogen and oxygen atoms in total. The molecule has 0 atom stereocenters. The average Bonchev–Trinajstić information content (AvgIpc) is 3.13. The second-order valence-corrected chi connectivity index (χ2v) is 5.27. The van der Waals surface area contributed by atoms with Gasteiger partial charge in [0.15, 0.2) is 0 Å². The maximum absolute atomic E-state index is 5.87. The van der Waals surface area contributed by atoms with Gasteiger partial charge in [0.25, 0.3) is 0 Å². The topological polar surface area (TPSA) is 28.4 Å². The van der Waals surface area contributed by atoms with Crippen molar-refractivity contribution in [2.24, 2.45) is 0 Å². The smallest absolute Gasteiger partial charge is 0.118 e. The molecule has 0 bridgehead atoms. The van der Waals surface area contributed by atoms with Crippen molar-refractivity contribution in [2.75, 3.05) is 13.1 Å². The summed E-state index contributed by atoms with van der Waals surface area (Å²) in [5.74, 6) is 2.19. The molecule has 0 radical (unpaired) electrons. The molecule has 1 saturated carbocycles. The van der Waals surface area contributed by atoms with E-state index in [-0.39, 0.29) is 0 Å². The molecule has 1 fully saturated rings. The summed E-state index contributed by atoms with van der Waals surface area (Å²) in [4.78, 5) is 2.52. The highest BCUT2D eigenvalue weighted by Gasteiger charge is 2.28. The summed E-state index contributed by atoms with van der Waals surface area (Å²) in [6, 6.07) is 3.03. The first-order valence-corrected chi connectivity index (χ1v) is 7.27. The fourth-order valence-corrected chi connectivity index (χ4v) is 2.38. The summed E-state index contributed by atoms with van der Waals surface area (Å²) in [5.41, 5.74) is 1.31. The van der Waals surface area contributed by atoms with E-state index in [9.17, 15) is 0 Å². The Kier molecular flexibility index (Phi) is 4.84. The molecule has 18 heavy (non-hydrogen) atoms. The molecule has 1 N–H and O–H groups in total. The number of aryl methyl sites for hydroxylation is 1. The second kappa shape index (κ2) is 6.39. The van der Waals surface area contributed by atoms with Crippen LogP contribution < -0.4 is 5.32 Å². The largest absolute Gasteiger partial charge is 0.465 e. The van der Waals surface area contributed by atoms with E-state index in [1.165, 1.54) is 24.8 Å². The quantitative estimate of drug-likeness (QED) is 0.719. The molecule has 0 saturated heterocycles. The van der Waals surface area contributed by atoms with Gasteiger partial charge >= 0.3 is 0 Å². The van der Waals surface area contributed by atoms with Crippen LogP contribution >= 0.6 is 0 Å². The zero-order valence-corrected chi connectivity index (χ0v) is 12.0. The van der Waals surface area contributed by atoms with Gasteiger partial charge < -0.3 is 9.73 Å². The predicted molar refractivity (Wildman–Crippen MR) is 74.5 cm³/mol. The van der Waals surface area contributed by atoms with Crippen molar-refractivity contribution in [3.63, 3.8) is 0 Å². The van der Waals surface area contributed by atoms with Crippen LogP contribution in [0.3, 0.4) is 0 Å². The first kappa shape index (κ1) is 13.6. The van der Waals surface area contributed by atoms with Gasteiger partial charge in [-0.1, -0.05) is 13.8 Å². The molecule has 1 aliphatic carbocycles. The zero-order chi connectivity index (χ0) is 13.0. The lowest BCUT2D eigenvalue weighted by Gasteiger charge is -2.17. The van der Waals surface area contributed by atoms with Crippen molar-refractivity contribution < 1.29 is 4.42 Å². The zero-order valence-electron chi connectivity index (χ0n) is 12.0. The van der Waals surface area contributed by atoms with Gasteiger partial charge in [-0.3, -0.25) is 4.90 Å². The van der Waals surface area contributed by atoms with E-state index in [0.29, 0.717) is 0 Å². The molecular weight excluding hydrogens is 224 g/mol. The lowest BCUT2D eigenvalue weighted by Crippen LogP contribution is -2.24. The highest BCUT2D eigenvalue weighted by molar-refractivity contribution is 5.20. The molecule has 1 heterocycles. The third-order valence-corrected chi connectivity index (χ3v) is 3.64. The Morgan fingerprint density at radius 2 is 2.17 bits per heavy atom. The van der Waals surface area contributed by atoms with Crippen LogP contribution in [0.5, 0.6) is 0 Å². The molecule has 2 rings (SSSR count). The molecule has 1 aromatic heterocycles. The predicted octanol–water partition coefficient (Wildman–Crippen LogP) is 3.07. The van der Waals surface area contributed by atoms with Crippen LogP contribution in [0.15, 0.2) is 10.5 Å². The van der Waals surface area contributed by atoms with Crippen LogP contribution in [0.1, 0.15) is 50.2 Å². The molecule has 1 aromatic rings. The van der Waals surface area contributed by atoms with Crippen molar-refractivity contribution in [1.29, 1.82) is 0 Å². The van der Waals surface area contributed by atoms with Crippen molar-refractivity contribution >= 4 is 0 Å². The molecule has 0 amide bonds. The van der Waals surface area contributed by atoms with Crippen molar-refractivity contribution in [3.05, 3.63) is 23.2 Å². The number of furan rings is 1. The molecule has 0 unspecified atom stereocenters. The van der Waals surface area contributed by atoms with E-state index in [1.807, 2.05) is 0 Å². The molecule has 0 spiro atoms. The minimum Gasteiger partial charge on any atom is -0.465 e. The Morgan fingerprint density at radius 1 is 1.39 bits per heavy atom. The van der Waals surface area contributed by atoms with Crippen molar-refractivity contribution in [1.82, 2.24) is 10.2 Å². The molecule has 1 aliphatic rings. The van der Waals surface area contributed by atoms with E-state index < -0.39 is 0 Å². The van der Waals surface area contributed by atoms with Crippen LogP contribution in [0.2, 0.25) is 0 Å². The third kappa shape index (κ3) is 3.59. The van der Waals surface area contributed by atoms with E-state index >= 15 is 0 Å². The minimum atomic E-state index is 0.807. The van der Waals surface area contributed by atoms with Gasteiger partial charge in [0.2, 0.25) is 0 Å². The first-order chi connectivity index (χ1) is 8.74. The Bertz CT molecular complexity index is 369. The van der Waals surface area contributed by atoms with Crippen LogP contribution in [0, 0.1) is 6.92 Å². The SMILES string of the molecule is CCCNCc1cc(CN(CC)C2CC2)oc1C. The van der Waals surface area contributed by atoms with Crippen LogP contribution in [-0.2, 0) is 13.1 Å². The van der Waals surface area contributed by atoms with E-state index in [2.05, 4.69) is 37.1 Å². The van der Waals surface area contributed by atoms with Crippen LogP contribution in [0.25, 0.3) is 0 Å². The van der Waals surface area contributed by atoms with Gasteiger partial charge in [-0.15, -0.1) is 0 Å². The van der Waals surface area contributed by atoms with Gasteiger partial charge in [-0.05, 0) is 45.3 Å². The lowest BCUT2D eigenvalue weighted by molar-refractivity contribution is 0.244. The summed E-state index contributed by atoms with van der Waals surface area (Å²) in [6.45, 7) is 10.6. The Balaban J connectivity index is 1.90. The standard InChI is InChI=1S/C15H26N2O/c1-4-8-16-10-13-9-15(18-12(13)3)11-17(5-2)14-6-7-14/h9,14,16H,4-8,10-11H2,1-3H3.